The van der Waals surface area contributed by atoms with Crippen molar-refractivity contribution in [2.45, 2.75) is 64.6 Å². The summed E-state index contributed by atoms with van der Waals surface area (Å²) in [4.78, 5) is 5.41. The highest BCUT2D eigenvalue weighted by Crippen LogP contribution is 2.28. The first-order valence-electron chi connectivity index (χ1n) is 6.49. The minimum absolute atomic E-state index is 0.336. The van der Waals surface area contributed by atoms with Crippen LogP contribution in [-0.2, 0) is 0 Å². The number of hydrogen-bond acceptors (Lipinski definition) is 2. The SMILES string of the molecule is CC1CN2CCCCC2CN1C(C)(C)C. The molecule has 2 aliphatic rings. The van der Waals surface area contributed by atoms with Gasteiger partial charge in [0.2, 0.25) is 0 Å². The van der Waals surface area contributed by atoms with E-state index in [0.717, 1.165) is 12.1 Å². The van der Waals surface area contributed by atoms with E-state index in [1.165, 1.54) is 38.9 Å². The molecule has 88 valence electrons. The fraction of sp³-hybridized carbons (Fsp3) is 1.00. The molecule has 0 aromatic heterocycles. The van der Waals surface area contributed by atoms with Crippen LogP contribution in [0.1, 0.15) is 47.0 Å². The number of rotatable bonds is 0. The summed E-state index contributed by atoms with van der Waals surface area (Å²) in [5.74, 6) is 0. The second-order valence-electron chi connectivity index (χ2n) is 6.32. The molecule has 2 unspecified atom stereocenters. The summed E-state index contributed by atoms with van der Waals surface area (Å²) >= 11 is 0. The molecule has 0 aromatic carbocycles. The van der Waals surface area contributed by atoms with E-state index in [1.807, 2.05) is 0 Å². The van der Waals surface area contributed by atoms with Gasteiger partial charge < -0.3 is 0 Å². The first-order chi connectivity index (χ1) is 6.98. The summed E-state index contributed by atoms with van der Waals surface area (Å²) in [6, 6.07) is 1.56. The molecule has 2 rings (SSSR count). The van der Waals surface area contributed by atoms with Crippen molar-refractivity contribution in [1.29, 1.82) is 0 Å². The Labute approximate surface area is 94.6 Å². The molecule has 0 bridgehead atoms. The molecule has 0 saturated carbocycles. The van der Waals surface area contributed by atoms with Crippen LogP contribution in [0.25, 0.3) is 0 Å². The predicted molar refractivity (Wildman–Crippen MR) is 65.1 cm³/mol. The Morgan fingerprint density at radius 2 is 1.80 bits per heavy atom. The van der Waals surface area contributed by atoms with Crippen LogP contribution in [0.2, 0.25) is 0 Å². The van der Waals surface area contributed by atoms with Crippen molar-refractivity contribution in [3.63, 3.8) is 0 Å². The summed E-state index contributed by atoms with van der Waals surface area (Å²) in [5, 5.41) is 0. The van der Waals surface area contributed by atoms with Gasteiger partial charge in [0.25, 0.3) is 0 Å². The molecule has 2 atom stereocenters. The van der Waals surface area contributed by atoms with Crippen LogP contribution in [0.4, 0.5) is 0 Å². The molecule has 2 heterocycles. The van der Waals surface area contributed by atoms with Crippen molar-refractivity contribution < 1.29 is 0 Å². The number of hydrogen-bond donors (Lipinski definition) is 0. The third-order valence-electron chi connectivity index (χ3n) is 4.05. The molecule has 2 saturated heterocycles. The molecule has 0 aliphatic carbocycles. The quantitative estimate of drug-likeness (QED) is 0.605. The van der Waals surface area contributed by atoms with E-state index in [-0.39, 0.29) is 0 Å². The molecule has 2 nitrogen and oxygen atoms in total. The minimum atomic E-state index is 0.336. The van der Waals surface area contributed by atoms with Gasteiger partial charge in [-0.05, 0) is 47.1 Å². The van der Waals surface area contributed by atoms with E-state index in [4.69, 9.17) is 0 Å². The molecule has 0 radical (unpaired) electrons. The van der Waals surface area contributed by atoms with Crippen LogP contribution >= 0.6 is 0 Å². The third-order valence-corrected chi connectivity index (χ3v) is 4.05. The fourth-order valence-corrected chi connectivity index (χ4v) is 3.29. The van der Waals surface area contributed by atoms with Crippen LogP contribution in [-0.4, -0.2) is 47.1 Å². The van der Waals surface area contributed by atoms with Crippen molar-refractivity contribution in [1.82, 2.24) is 9.80 Å². The van der Waals surface area contributed by atoms with Crippen molar-refractivity contribution >= 4 is 0 Å². The summed E-state index contributed by atoms with van der Waals surface area (Å²) in [7, 11) is 0. The number of fused-ring (bicyclic) bond motifs is 1. The van der Waals surface area contributed by atoms with Gasteiger partial charge in [-0.15, -0.1) is 0 Å². The third kappa shape index (κ3) is 2.36. The zero-order valence-electron chi connectivity index (χ0n) is 10.8. The maximum absolute atomic E-state index is 2.72. The standard InChI is InChI=1S/C13H26N2/c1-11-9-14-8-6-5-7-12(14)10-15(11)13(2,3)4/h11-12H,5-10H2,1-4H3. The van der Waals surface area contributed by atoms with Crippen LogP contribution < -0.4 is 0 Å². The van der Waals surface area contributed by atoms with Gasteiger partial charge in [-0.25, -0.2) is 0 Å². The Bertz CT molecular complexity index is 219. The summed E-state index contributed by atoms with van der Waals surface area (Å²) in [5.41, 5.74) is 0.336. The maximum Gasteiger partial charge on any atom is 0.0224 e. The van der Waals surface area contributed by atoms with Gasteiger partial charge in [0, 0.05) is 30.7 Å². The summed E-state index contributed by atoms with van der Waals surface area (Å²) in [6.07, 6.45) is 4.27. The molecule has 0 N–H and O–H groups in total. The second-order valence-corrected chi connectivity index (χ2v) is 6.32. The lowest BCUT2D eigenvalue weighted by Gasteiger charge is -2.52. The molecular formula is C13H26N2. The largest absolute Gasteiger partial charge is 0.298 e. The van der Waals surface area contributed by atoms with Gasteiger partial charge in [-0.3, -0.25) is 9.80 Å². The number of piperidine rings is 1. The first-order valence-corrected chi connectivity index (χ1v) is 6.49. The Morgan fingerprint density at radius 3 is 2.47 bits per heavy atom. The Balaban J connectivity index is 2.05. The van der Waals surface area contributed by atoms with Crippen molar-refractivity contribution in [2.24, 2.45) is 0 Å². The molecule has 0 spiro atoms. The van der Waals surface area contributed by atoms with Gasteiger partial charge >= 0.3 is 0 Å². The zero-order chi connectivity index (χ0) is 11.1. The topological polar surface area (TPSA) is 6.48 Å². The van der Waals surface area contributed by atoms with Gasteiger partial charge in [0.05, 0.1) is 0 Å². The highest BCUT2D eigenvalue weighted by Gasteiger charge is 2.37. The number of piperazine rings is 1. The maximum atomic E-state index is 2.72. The molecular weight excluding hydrogens is 184 g/mol. The van der Waals surface area contributed by atoms with Gasteiger partial charge in [-0.1, -0.05) is 6.42 Å². The first kappa shape index (κ1) is 11.4. The van der Waals surface area contributed by atoms with Crippen LogP contribution in [0.5, 0.6) is 0 Å². The Hall–Kier alpha value is -0.0800. The molecule has 0 aromatic rings. The lowest BCUT2D eigenvalue weighted by Crippen LogP contribution is -2.63. The summed E-state index contributed by atoms with van der Waals surface area (Å²) < 4.78 is 0. The van der Waals surface area contributed by atoms with Crippen molar-refractivity contribution in [3.8, 4) is 0 Å². The molecule has 2 heteroatoms. The van der Waals surface area contributed by atoms with E-state index < -0.39 is 0 Å². The van der Waals surface area contributed by atoms with Gasteiger partial charge in [0.15, 0.2) is 0 Å². The molecule has 2 fully saturated rings. The molecule has 15 heavy (non-hydrogen) atoms. The normalized spacial score (nSPS) is 35.2. The predicted octanol–water partition coefficient (Wildman–Crippen LogP) is 2.34. The monoisotopic (exact) mass is 210 g/mol. The average molecular weight is 210 g/mol. The lowest BCUT2D eigenvalue weighted by atomic mass is 9.93. The smallest absolute Gasteiger partial charge is 0.0224 e. The number of nitrogens with zero attached hydrogens (tertiary/aromatic N) is 2. The fourth-order valence-electron chi connectivity index (χ4n) is 3.29. The van der Waals surface area contributed by atoms with Gasteiger partial charge in [0.1, 0.15) is 0 Å². The summed E-state index contributed by atoms with van der Waals surface area (Å²) in [6.45, 7) is 13.3. The highest BCUT2D eigenvalue weighted by atomic mass is 15.3. The zero-order valence-corrected chi connectivity index (χ0v) is 10.8. The molecule has 2 aliphatic heterocycles. The van der Waals surface area contributed by atoms with E-state index in [0.29, 0.717) is 5.54 Å². The van der Waals surface area contributed by atoms with E-state index in [1.54, 1.807) is 0 Å². The lowest BCUT2D eigenvalue weighted by molar-refractivity contribution is -0.0295. The Kier molecular flexibility index (Phi) is 3.09. The second kappa shape index (κ2) is 4.06. The molecule has 0 amide bonds. The van der Waals surface area contributed by atoms with Crippen molar-refractivity contribution in [3.05, 3.63) is 0 Å². The minimum Gasteiger partial charge on any atom is -0.298 e. The van der Waals surface area contributed by atoms with E-state index >= 15 is 0 Å². The van der Waals surface area contributed by atoms with Gasteiger partial charge in [-0.2, -0.15) is 0 Å². The highest BCUT2D eigenvalue weighted by molar-refractivity contribution is 4.93. The Morgan fingerprint density at radius 1 is 1.07 bits per heavy atom. The van der Waals surface area contributed by atoms with Crippen LogP contribution in [0, 0.1) is 0 Å². The van der Waals surface area contributed by atoms with Crippen LogP contribution in [0.15, 0.2) is 0 Å². The van der Waals surface area contributed by atoms with E-state index in [2.05, 4.69) is 37.5 Å². The van der Waals surface area contributed by atoms with E-state index in [9.17, 15) is 0 Å². The van der Waals surface area contributed by atoms with Crippen molar-refractivity contribution in [2.75, 3.05) is 19.6 Å². The van der Waals surface area contributed by atoms with Crippen LogP contribution in [0.3, 0.4) is 0 Å². The average Bonchev–Trinajstić information content (AvgIpc) is 2.15.